The zero-order valence-corrected chi connectivity index (χ0v) is 10.8. The molecule has 0 spiro atoms. The Hall–Kier alpha value is -2.23. The number of fused-ring (bicyclic) bond motifs is 1. The van der Waals surface area contributed by atoms with Gasteiger partial charge in [-0.1, -0.05) is 18.2 Å². The molecule has 4 heteroatoms. The fraction of sp³-hybridized carbons (Fsp3) is 0.267. The summed E-state index contributed by atoms with van der Waals surface area (Å²) in [5.41, 5.74) is 2.23. The SMILES string of the molecule is CC1Cc2ccccc2N1C(=O)NCc1ccco1. The molecule has 1 aromatic heterocycles. The lowest BCUT2D eigenvalue weighted by molar-refractivity contribution is 0.243. The van der Waals surface area contributed by atoms with Crippen molar-refractivity contribution in [1.82, 2.24) is 5.32 Å². The Balaban J connectivity index is 1.73. The first-order valence-corrected chi connectivity index (χ1v) is 6.43. The van der Waals surface area contributed by atoms with Gasteiger partial charge in [0.2, 0.25) is 0 Å². The maximum absolute atomic E-state index is 12.3. The van der Waals surface area contributed by atoms with E-state index in [4.69, 9.17) is 4.42 Å². The molecule has 19 heavy (non-hydrogen) atoms. The smallest absolute Gasteiger partial charge is 0.322 e. The van der Waals surface area contributed by atoms with E-state index in [1.165, 1.54) is 5.56 Å². The third-order valence-corrected chi connectivity index (χ3v) is 3.42. The third-order valence-electron chi connectivity index (χ3n) is 3.42. The van der Waals surface area contributed by atoms with E-state index in [0.29, 0.717) is 6.54 Å². The van der Waals surface area contributed by atoms with E-state index < -0.39 is 0 Å². The molecule has 0 bridgehead atoms. The standard InChI is InChI=1S/C15H16N2O2/c1-11-9-12-5-2-3-7-14(12)17(11)15(18)16-10-13-6-4-8-19-13/h2-8,11H,9-10H2,1H3,(H,16,18). The number of amides is 2. The quantitative estimate of drug-likeness (QED) is 0.898. The van der Waals surface area contributed by atoms with Crippen molar-refractivity contribution in [3.8, 4) is 0 Å². The first-order valence-electron chi connectivity index (χ1n) is 6.43. The van der Waals surface area contributed by atoms with Gasteiger partial charge in [0.25, 0.3) is 0 Å². The first-order chi connectivity index (χ1) is 9.25. The summed E-state index contributed by atoms with van der Waals surface area (Å²) in [5.74, 6) is 0.758. The third kappa shape index (κ3) is 2.21. The lowest BCUT2D eigenvalue weighted by Gasteiger charge is -2.22. The molecule has 0 aliphatic carbocycles. The van der Waals surface area contributed by atoms with Crippen molar-refractivity contribution in [2.24, 2.45) is 0 Å². The number of nitrogens with zero attached hydrogens (tertiary/aromatic N) is 1. The molecule has 2 aromatic rings. The van der Waals surface area contributed by atoms with Crippen LogP contribution in [0.1, 0.15) is 18.2 Å². The molecule has 3 rings (SSSR count). The van der Waals surface area contributed by atoms with Crippen molar-refractivity contribution in [2.75, 3.05) is 4.90 Å². The van der Waals surface area contributed by atoms with Gasteiger partial charge in [-0.2, -0.15) is 0 Å². The predicted octanol–water partition coefficient (Wildman–Crippen LogP) is 2.94. The molecule has 2 amide bonds. The summed E-state index contributed by atoms with van der Waals surface area (Å²) in [6.45, 7) is 2.48. The van der Waals surface area contributed by atoms with Gasteiger partial charge in [-0.25, -0.2) is 4.79 Å². The summed E-state index contributed by atoms with van der Waals surface area (Å²) in [6, 6.07) is 11.8. The number of carbonyl (C=O) groups excluding carboxylic acids is 1. The Morgan fingerprint density at radius 3 is 3.00 bits per heavy atom. The number of carbonyl (C=O) groups is 1. The number of rotatable bonds is 2. The van der Waals surface area contributed by atoms with Gasteiger partial charge >= 0.3 is 6.03 Å². The van der Waals surface area contributed by atoms with Crippen molar-refractivity contribution in [1.29, 1.82) is 0 Å². The number of para-hydroxylation sites is 1. The molecule has 1 unspecified atom stereocenters. The summed E-state index contributed by atoms with van der Waals surface area (Å²) in [7, 11) is 0. The number of nitrogens with one attached hydrogen (secondary N) is 1. The molecule has 1 aliphatic heterocycles. The largest absolute Gasteiger partial charge is 0.467 e. The van der Waals surface area contributed by atoms with Crippen LogP contribution in [0.3, 0.4) is 0 Å². The molecule has 0 saturated heterocycles. The topological polar surface area (TPSA) is 45.5 Å². The minimum atomic E-state index is -0.0751. The van der Waals surface area contributed by atoms with Crippen molar-refractivity contribution in [3.05, 3.63) is 54.0 Å². The summed E-state index contributed by atoms with van der Waals surface area (Å²) >= 11 is 0. The Morgan fingerprint density at radius 2 is 2.21 bits per heavy atom. The van der Waals surface area contributed by atoms with E-state index in [1.54, 1.807) is 6.26 Å². The maximum atomic E-state index is 12.3. The number of furan rings is 1. The van der Waals surface area contributed by atoms with Crippen LogP contribution >= 0.6 is 0 Å². The molecule has 98 valence electrons. The van der Waals surface area contributed by atoms with Gasteiger partial charge < -0.3 is 9.73 Å². The fourth-order valence-corrected chi connectivity index (χ4v) is 2.54. The van der Waals surface area contributed by atoms with Gasteiger partial charge in [-0.3, -0.25) is 4.90 Å². The van der Waals surface area contributed by atoms with Crippen LogP contribution in [0.15, 0.2) is 47.1 Å². The lowest BCUT2D eigenvalue weighted by atomic mass is 10.1. The van der Waals surface area contributed by atoms with Crippen LogP contribution in [0.5, 0.6) is 0 Å². The predicted molar refractivity (Wildman–Crippen MR) is 73.0 cm³/mol. The summed E-state index contributed by atoms with van der Waals surface area (Å²) in [6.07, 6.45) is 2.51. The fourth-order valence-electron chi connectivity index (χ4n) is 2.54. The molecule has 1 aliphatic rings. The van der Waals surface area contributed by atoms with Gasteiger partial charge in [0, 0.05) is 11.7 Å². The number of hydrogen-bond acceptors (Lipinski definition) is 2. The second kappa shape index (κ2) is 4.80. The van der Waals surface area contributed by atoms with E-state index in [2.05, 4.69) is 18.3 Å². The summed E-state index contributed by atoms with van der Waals surface area (Å²) in [4.78, 5) is 14.1. The highest BCUT2D eigenvalue weighted by molar-refractivity contribution is 5.94. The van der Waals surface area contributed by atoms with E-state index in [1.807, 2.05) is 35.2 Å². The molecule has 4 nitrogen and oxygen atoms in total. The van der Waals surface area contributed by atoms with Crippen molar-refractivity contribution in [3.63, 3.8) is 0 Å². The molecular formula is C15H16N2O2. The van der Waals surface area contributed by atoms with Crippen LogP contribution in [0.4, 0.5) is 10.5 Å². The first kappa shape index (κ1) is 11.8. The monoisotopic (exact) mass is 256 g/mol. The molecule has 1 aromatic carbocycles. The molecule has 0 radical (unpaired) electrons. The van der Waals surface area contributed by atoms with Crippen LogP contribution in [0, 0.1) is 0 Å². The number of benzene rings is 1. The van der Waals surface area contributed by atoms with Gasteiger partial charge in [0.15, 0.2) is 0 Å². The van der Waals surface area contributed by atoms with Gasteiger partial charge in [-0.05, 0) is 37.1 Å². The number of anilines is 1. The van der Waals surface area contributed by atoms with Gasteiger partial charge in [0.05, 0.1) is 12.8 Å². The normalized spacial score (nSPS) is 17.3. The summed E-state index contributed by atoms with van der Waals surface area (Å²) < 4.78 is 5.21. The Morgan fingerprint density at radius 1 is 1.37 bits per heavy atom. The van der Waals surface area contributed by atoms with Crippen molar-refractivity contribution < 1.29 is 9.21 Å². The second-order valence-corrected chi connectivity index (χ2v) is 4.79. The van der Waals surface area contributed by atoms with E-state index >= 15 is 0 Å². The van der Waals surface area contributed by atoms with E-state index in [-0.39, 0.29) is 12.1 Å². The zero-order valence-electron chi connectivity index (χ0n) is 10.8. The Bertz CT molecular complexity index is 578. The second-order valence-electron chi connectivity index (χ2n) is 4.79. The molecule has 1 N–H and O–H groups in total. The number of hydrogen-bond donors (Lipinski definition) is 1. The minimum absolute atomic E-state index is 0.0751. The Kier molecular flexibility index (Phi) is 2.99. The average molecular weight is 256 g/mol. The van der Waals surface area contributed by atoms with E-state index in [9.17, 15) is 4.79 Å². The van der Waals surface area contributed by atoms with Gasteiger partial charge in [-0.15, -0.1) is 0 Å². The van der Waals surface area contributed by atoms with Crippen LogP contribution in [-0.4, -0.2) is 12.1 Å². The molecule has 0 saturated carbocycles. The van der Waals surface area contributed by atoms with Crippen molar-refractivity contribution >= 4 is 11.7 Å². The van der Waals surface area contributed by atoms with Crippen LogP contribution in [0.2, 0.25) is 0 Å². The minimum Gasteiger partial charge on any atom is -0.467 e. The van der Waals surface area contributed by atoms with Crippen LogP contribution in [0.25, 0.3) is 0 Å². The number of urea groups is 1. The molecular weight excluding hydrogens is 240 g/mol. The highest BCUT2D eigenvalue weighted by Gasteiger charge is 2.30. The zero-order chi connectivity index (χ0) is 13.2. The van der Waals surface area contributed by atoms with Gasteiger partial charge in [0.1, 0.15) is 5.76 Å². The van der Waals surface area contributed by atoms with E-state index in [0.717, 1.165) is 17.9 Å². The molecule has 0 fully saturated rings. The molecule has 2 heterocycles. The lowest BCUT2D eigenvalue weighted by Crippen LogP contribution is -2.42. The highest BCUT2D eigenvalue weighted by Crippen LogP contribution is 2.31. The average Bonchev–Trinajstić information content (AvgIpc) is 3.02. The summed E-state index contributed by atoms with van der Waals surface area (Å²) in [5, 5.41) is 2.89. The Labute approximate surface area is 112 Å². The highest BCUT2D eigenvalue weighted by atomic mass is 16.3. The maximum Gasteiger partial charge on any atom is 0.322 e. The van der Waals surface area contributed by atoms with Crippen molar-refractivity contribution in [2.45, 2.75) is 25.9 Å². The van der Waals surface area contributed by atoms with Crippen LogP contribution in [-0.2, 0) is 13.0 Å². The van der Waals surface area contributed by atoms with Crippen LogP contribution < -0.4 is 10.2 Å². The molecule has 1 atom stereocenters.